The Hall–Kier alpha value is -1.72. The standard InChI is InChI=1S/C11H14N2O3/c1-12-6-7-13-11(14)10-4-2-9(3-5-10)8-16-15/h2-6,15H,7-8H2,1H3,(H,13,14). The molecule has 0 unspecified atom stereocenters. The maximum absolute atomic E-state index is 11.5. The summed E-state index contributed by atoms with van der Waals surface area (Å²) in [6.07, 6.45) is 1.62. The maximum Gasteiger partial charge on any atom is 0.251 e. The molecule has 0 saturated heterocycles. The normalized spacial score (nSPS) is 10.6. The highest BCUT2D eigenvalue weighted by atomic mass is 17.1. The van der Waals surface area contributed by atoms with Crippen LogP contribution in [0.25, 0.3) is 0 Å². The summed E-state index contributed by atoms with van der Waals surface area (Å²) in [6, 6.07) is 6.79. The van der Waals surface area contributed by atoms with Crippen LogP contribution in [-0.4, -0.2) is 31.0 Å². The van der Waals surface area contributed by atoms with E-state index in [1.807, 2.05) is 0 Å². The van der Waals surface area contributed by atoms with E-state index in [0.717, 1.165) is 5.56 Å². The first kappa shape index (κ1) is 12.4. The molecule has 0 bridgehead atoms. The Morgan fingerprint density at radius 1 is 1.50 bits per heavy atom. The summed E-state index contributed by atoms with van der Waals surface area (Å²) in [5.41, 5.74) is 1.36. The number of carbonyl (C=O) groups excluding carboxylic acids is 1. The van der Waals surface area contributed by atoms with Crippen molar-refractivity contribution in [2.45, 2.75) is 6.61 Å². The number of hydrogen-bond donors (Lipinski definition) is 2. The summed E-state index contributed by atoms with van der Waals surface area (Å²) in [5.74, 6) is -0.156. The third-order valence-corrected chi connectivity index (χ3v) is 1.98. The first-order valence-corrected chi connectivity index (χ1v) is 4.82. The minimum Gasteiger partial charge on any atom is -0.347 e. The first-order chi connectivity index (χ1) is 7.77. The molecule has 2 N–H and O–H groups in total. The van der Waals surface area contributed by atoms with Crippen molar-refractivity contribution in [1.29, 1.82) is 0 Å². The zero-order valence-electron chi connectivity index (χ0n) is 9.01. The van der Waals surface area contributed by atoms with Crippen LogP contribution in [0.2, 0.25) is 0 Å². The summed E-state index contributed by atoms with van der Waals surface area (Å²) < 4.78 is 0. The summed E-state index contributed by atoms with van der Waals surface area (Å²) in [5, 5.41) is 10.9. The van der Waals surface area contributed by atoms with Crippen LogP contribution >= 0.6 is 0 Å². The van der Waals surface area contributed by atoms with Crippen LogP contribution in [0.4, 0.5) is 0 Å². The third kappa shape index (κ3) is 3.80. The molecule has 5 nitrogen and oxygen atoms in total. The lowest BCUT2D eigenvalue weighted by atomic mass is 10.1. The molecule has 0 saturated carbocycles. The molecular weight excluding hydrogens is 208 g/mol. The number of nitrogens with zero attached hydrogens (tertiary/aromatic N) is 1. The van der Waals surface area contributed by atoms with Gasteiger partial charge in [0.05, 0.1) is 6.54 Å². The molecule has 0 fully saturated rings. The molecule has 0 aromatic heterocycles. The lowest BCUT2D eigenvalue weighted by molar-refractivity contribution is -0.253. The van der Waals surface area contributed by atoms with Crippen molar-refractivity contribution in [1.82, 2.24) is 5.32 Å². The van der Waals surface area contributed by atoms with Crippen LogP contribution in [0.3, 0.4) is 0 Å². The molecule has 1 amide bonds. The maximum atomic E-state index is 11.5. The molecule has 0 heterocycles. The van der Waals surface area contributed by atoms with Crippen LogP contribution < -0.4 is 5.32 Å². The van der Waals surface area contributed by atoms with E-state index in [4.69, 9.17) is 5.26 Å². The zero-order valence-corrected chi connectivity index (χ0v) is 9.01. The van der Waals surface area contributed by atoms with Crippen LogP contribution in [0.1, 0.15) is 15.9 Å². The summed E-state index contributed by atoms with van der Waals surface area (Å²) in [7, 11) is 1.65. The minimum absolute atomic E-state index is 0.115. The molecule has 86 valence electrons. The fraction of sp³-hybridized carbons (Fsp3) is 0.273. The van der Waals surface area contributed by atoms with Gasteiger partial charge >= 0.3 is 0 Å². The fourth-order valence-corrected chi connectivity index (χ4v) is 1.16. The van der Waals surface area contributed by atoms with E-state index in [0.29, 0.717) is 12.1 Å². The van der Waals surface area contributed by atoms with E-state index in [9.17, 15) is 4.79 Å². The van der Waals surface area contributed by atoms with Crippen LogP contribution in [0.5, 0.6) is 0 Å². The topological polar surface area (TPSA) is 70.9 Å². The van der Waals surface area contributed by atoms with Gasteiger partial charge in [0.1, 0.15) is 6.61 Å². The third-order valence-electron chi connectivity index (χ3n) is 1.98. The molecule has 0 aliphatic carbocycles. The van der Waals surface area contributed by atoms with Gasteiger partial charge in [0.2, 0.25) is 0 Å². The Morgan fingerprint density at radius 2 is 2.19 bits per heavy atom. The van der Waals surface area contributed by atoms with Gasteiger partial charge in [-0.05, 0) is 17.7 Å². The minimum atomic E-state index is -0.156. The Bertz CT molecular complexity index is 360. The highest BCUT2D eigenvalue weighted by Gasteiger charge is 2.03. The molecular formula is C11H14N2O3. The molecule has 0 aliphatic heterocycles. The van der Waals surface area contributed by atoms with Crippen molar-refractivity contribution in [3.8, 4) is 0 Å². The predicted molar refractivity (Wildman–Crippen MR) is 60.6 cm³/mol. The molecule has 0 spiro atoms. The summed E-state index contributed by atoms with van der Waals surface area (Å²) >= 11 is 0. The molecule has 1 aromatic carbocycles. The lowest BCUT2D eigenvalue weighted by Crippen LogP contribution is -2.25. The molecule has 1 aromatic rings. The SMILES string of the molecule is CN=CCNC(=O)c1ccc(COO)cc1. The fourth-order valence-electron chi connectivity index (χ4n) is 1.16. The molecule has 0 radical (unpaired) electrons. The van der Waals surface area contributed by atoms with E-state index in [2.05, 4.69) is 15.2 Å². The van der Waals surface area contributed by atoms with E-state index in [1.54, 1.807) is 37.5 Å². The van der Waals surface area contributed by atoms with E-state index in [-0.39, 0.29) is 12.5 Å². The number of carbonyl (C=O) groups is 1. The number of benzene rings is 1. The smallest absolute Gasteiger partial charge is 0.251 e. The van der Waals surface area contributed by atoms with Gasteiger partial charge in [0.15, 0.2) is 0 Å². The first-order valence-electron chi connectivity index (χ1n) is 4.82. The second kappa shape index (κ2) is 6.71. The number of rotatable bonds is 5. The van der Waals surface area contributed by atoms with Crippen molar-refractivity contribution in [3.63, 3.8) is 0 Å². The molecule has 5 heteroatoms. The van der Waals surface area contributed by atoms with Gasteiger partial charge in [-0.3, -0.25) is 15.0 Å². The molecule has 0 atom stereocenters. The van der Waals surface area contributed by atoms with Crippen molar-refractivity contribution in [2.75, 3.05) is 13.6 Å². The summed E-state index contributed by atoms with van der Waals surface area (Å²) in [4.78, 5) is 19.3. The van der Waals surface area contributed by atoms with Gasteiger partial charge in [-0.25, -0.2) is 4.89 Å². The quantitative estimate of drug-likeness (QED) is 0.445. The molecule has 16 heavy (non-hydrogen) atoms. The van der Waals surface area contributed by atoms with Gasteiger partial charge in [0.25, 0.3) is 5.91 Å². The van der Waals surface area contributed by atoms with Crippen molar-refractivity contribution in [3.05, 3.63) is 35.4 Å². The van der Waals surface area contributed by atoms with E-state index in [1.165, 1.54) is 0 Å². The zero-order chi connectivity index (χ0) is 11.8. The Labute approximate surface area is 93.7 Å². The Kier molecular flexibility index (Phi) is 5.18. The number of hydrogen-bond acceptors (Lipinski definition) is 4. The largest absolute Gasteiger partial charge is 0.347 e. The highest BCUT2D eigenvalue weighted by molar-refractivity contribution is 5.95. The second-order valence-electron chi connectivity index (χ2n) is 3.12. The second-order valence-corrected chi connectivity index (χ2v) is 3.12. The van der Waals surface area contributed by atoms with Gasteiger partial charge in [-0.15, -0.1) is 0 Å². The van der Waals surface area contributed by atoms with Crippen LogP contribution in [0.15, 0.2) is 29.3 Å². The lowest BCUT2D eigenvalue weighted by Gasteiger charge is -2.03. The highest BCUT2D eigenvalue weighted by Crippen LogP contribution is 2.05. The van der Waals surface area contributed by atoms with Crippen LogP contribution in [0, 0.1) is 0 Å². The Balaban J connectivity index is 2.56. The van der Waals surface area contributed by atoms with Gasteiger partial charge < -0.3 is 5.32 Å². The van der Waals surface area contributed by atoms with Gasteiger partial charge in [-0.1, -0.05) is 12.1 Å². The van der Waals surface area contributed by atoms with Crippen molar-refractivity contribution >= 4 is 12.1 Å². The number of nitrogens with one attached hydrogen (secondary N) is 1. The monoisotopic (exact) mass is 222 g/mol. The Morgan fingerprint density at radius 3 is 2.75 bits per heavy atom. The van der Waals surface area contributed by atoms with Gasteiger partial charge in [-0.2, -0.15) is 0 Å². The van der Waals surface area contributed by atoms with E-state index < -0.39 is 0 Å². The number of amides is 1. The predicted octanol–water partition coefficient (Wildman–Crippen LogP) is 1.11. The van der Waals surface area contributed by atoms with E-state index >= 15 is 0 Å². The number of aliphatic imine (C=N–C) groups is 1. The molecule has 1 rings (SSSR count). The molecule has 0 aliphatic rings. The van der Waals surface area contributed by atoms with Crippen LogP contribution in [-0.2, 0) is 11.5 Å². The summed E-state index contributed by atoms with van der Waals surface area (Å²) in [6.45, 7) is 0.529. The van der Waals surface area contributed by atoms with Crippen molar-refractivity contribution < 1.29 is 14.9 Å². The average Bonchev–Trinajstić information content (AvgIpc) is 2.30. The van der Waals surface area contributed by atoms with Gasteiger partial charge in [0, 0.05) is 18.8 Å². The average molecular weight is 222 g/mol. The van der Waals surface area contributed by atoms with Crippen molar-refractivity contribution in [2.24, 2.45) is 4.99 Å².